The van der Waals surface area contributed by atoms with Gasteiger partial charge in [0.1, 0.15) is 17.7 Å². The smallest absolute Gasteiger partial charge is 0.254 e. The minimum absolute atomic E-state index is 0.0111. The minimum atomic E-state index is -0.629. The molecule has 82 valence electrons. The van der Waals surface area contributed by atoms with Crippen molar-refractivity contribution in [3.05, 3.63) is 34.8 Å². The third kappa shape index (κ3) is 1.81. The Morgan fingerprint density at radius 3 is 2.88 bits per heavy atom. The van der Waals surface area contributed by atoms with Crippen molar-refractivity contribution in [2.75, 3.05) is 0 Å². The van der Waals surface area contributed by atoms with Crippen molar-refractivity contribution in [2.45, 2.75) is 5.16 Å². The van der Waals surface area contributed by atoms with Crippen molar-refractivity contribution in [2.24, 2.45) is 7.05 Å². The maximum absolute atomic E-state index is 13.3. The Hall–Kier alpha value is -1.76. The highest BCUT2D eigenvalue weighted by Gasteiger charge is 2.10. The van der Waals surface area contributed by atoms with Crippen molar-refractivity contribution < 1.29 is 4.39 Å². The lowest BCUT2D eigenvalue weighted by Crippen LogP contribution is -2.18. The van der Waals surface area contributed by atoms with E-state index < -0.39 is 5.82 Å². The predicted molar refractivity (Wildman–Crippen MR) is 57.7 cm³/mol. The van der Waals surface area contributed by atoms with E-state index in [1.54, 1.807) is 0 Å². The van der Waals surface area contributed by atoms with Crippen LogP contribution in [0.25, 0.3) is 11.4 Å². The summed E-state index contributed by atoms with van der Waals surface area (Å²) in [5.41, 5.74) is -0.191. The molecule has 7 heteroatoms. The molecule has 2 rings (SSSR count). The first kappa shape index (κ1) is 10.7. The number of hydrogen-bond acceptors (Lipinski definition) is 5. The Bertz CT molecular complexity index is 598. The summed E-state index contributed by atoms with van der Waals surface area (Å²) < 4.78 is 14.6. The van der Waals surface area contributed by atoms with Crippen LogP contribution in [0.4, 0.5) is 4.39 Å². The fourth-order valence-electron chi connectivity index (χ4n) is 1.15. The summed E-state index contributed by atoms with van der Waals surface area (Å²) in [5, 5.41) is 0.195. The van der Waals surface area contributed by atoms with Gasteiger partial charge in [0, 0.05) is 13.1 Å². The monoisotopic (exact) mass is 238 g/mol. The summed E-state index contributed by atoms with van der Waals surface area (Å²) in [6.07, 6.45) is 2.20. The van der Waals surface area contributed by atoms with E-state index >= 15 is 0 Å². The molecule has 0 saturated carbocycles. The molecule has 0 atom stereocenters. The number of halogens is 1. The molecule has 0 unspecified atom stereocenters. The average Bonchev–Trinajstić information content (AvgIpc) is 2.26. The number of thiol groups is 1. The lowest BCUT2D eigenvalue weighted by atomic mass is 10.3. The van der Waals surface area contributed by atoms with Gasteiger partial charge < -0.3 is 0 Å². The van der Waals surface area contributed by atoms with Gasteiger partial charge in [-0.15, -0.1) is 12.6 Å². The quantitative estimate of drug-likeness (QED) is 0.586. The largest absolute Gasteiger partial charge is 0.291 e. The van der Waals surface area contributed by atoms with E-state index in [9.17, 15) is 9.18 Å². The molecule has 0 bridgehead atoms. The molecule has 0 fully saturated rings. The summed E-state index contributed by atoms with van der Waals surface area (Å²) in [7, 11) is 1.53. The zero-order valence-corrected chi connectivity index (χ0v) is 9.15. The molecule has 0 aromatic carbocycles. The van der Waals surface area contributed by atoms with E-state index in [2.05, 4.69) is 27.6 Å². The Labute approximate surface area is 95.4 Å². The molecule has 0 saturated heterocycles. The molecule has 0 amide bonds. The first-order chi connectivity index (χ1) is 7.59. The van der Waals surface area contributed by atoms with Crippen LogP contribution in [0.2, 0.25) is 0 Å². The summed E-state index contributed by atoms with van der Waals surface area (Å²) in [6.45, 7) is 0. The first-order valence-corrected chi connectivity index (χ1v) is 4.77. The van der Waals surface area contributed by atoms with Gasteiger partial charge in [0.2, 0.25) is 0 Å². The molecule has 2 aromatic rings. The van der Waals surface area contributed by atoms with Crippen LogP contribution in [0.3, 0.4) is 0 Å². The Balaban J connectivity index is 2.67. The molecule has 2 heterocycles. The molecule has 0 radical (unpaired) electrons. The maximum Gasteiger partial charge on any atom is 0.254 e. The molecule has 0 aliphatic carbocycles. The Morgan fingerprint density at radius 2 is 2.25 bits per heavy atom. The maximum atomic E-state index is 13.3. The van der Waals surface area contributed by atoms with Crippen molar-refractivity contribution in [1.29, 1.82) is 0 Å². The van der Waals surface area contributed by atoms with Crippen LogP contribution in [0.15, 0.2) is 28.5 Å². The second-order valence-corrected chi connectivity index (χ2v) is 3.46. The number of aromatic nitrogens is 4. The van der Waals surface area contributed by atoms with Crippen molar-refractivity contribution >= 4 is 12.6 Å². The van der Waals surface area contributed by atoms with Crippen LogP contribution >= 0.6 is 12.6 Å². The van der Waals surface area contributed by atoms with Crippen LogP contribution < -0.4 is 5.56 Å². The van der Waals surface area contributed by atoms with Gasteiger partial charge in [-0.3, -0.25) is 9.36 Å². The summed E-state index contributed by atoms with van der Waals surface area (Å²) in [5.74, 6) is -0.629. The summed E-state index contributed by atoms with van der Waals surface area (Å²) >= 11 is 4.01. The molecule has 5 nitrogen and oxygen atoms in total. The van der Waals surface area contributed by atoms with Crippen LogP contribution in [0.1, 0.15) is 0 Å². The van der Waals surface area contributed by atoms with Crippen LogP contribution in [0.5, 0.6) is 0 Å². The highest BCUT2D eigenvalue weighted by molar-refractivity contribution is 7.80. The van der Waals surface area contributed by atoms with Gasteiger partial charge in [-0.1, -0.05) is 0 Å². The van der Waals surface area contributed by atoms with Gasteiger partial charge in [0.15, 0.2) is 11.0 Å². The second-order valence-electron chi connectivity index (χ2n) is 3.06. The van der Waals surface area contributed by atoms with E-state index in [1.807, 2.05) is 0 Å². The van der Waals surface area contributed by atoms with Gasteiger partial charge in [0.25, 0.3) is 5.56 Å². The second kappa shape index (κ2) is 4.01. The highest BCUT2D eigenvalue weighted by Crippen LogP contribution is 2.16. The van der Waals surface area contributed by atoms with Crippen molar-refractivity contribution in [1.82, 2.24) is 19.5 Å². The molecule has 0 aliphatic rings. The van der Waals surface area contributed by atoms with E-state index in [4.69, 9.17) is 0 Å². The number of hydrogen-bond donors (Lipinski definition) is 1. The number of rotatable bonds is 1. The zero-order valence-electron chi connectivity index (χ0n) is 8.25. The van der Waals surface area contributed by atoms with Crippen molar-refractivity contribution in [3.63, 3.8) is 0 Å². The van der Waals surface area contributed by atoms with Gasteiger partial charge in [-0.2, -0.15) is 0 Å². The molecule has 16 heavy (non-hydrogen) atoms. The molecular formula is C9H7FN4OS. The van der Waals surface area contributed by atoms with Crippen molar-refractivity contribution in [3.8, 4) is 11.4 Å². The van der Waals surface area contributed by atoms with E-state index in [0.29, 0.717) is 0 Å². The minimum Gasteiger partial charge on any atom is -0.291 e. The van der Waals surface area contributed by atoms with Gasteiger partial charge in [-0.05, 0) is 0 Å². The normalized spacial score (nSPS) is 10.4. The molecule has 0 spiro atoms. The Morgan fingerprint density at radius 1 is 1.50 bits per heavy atom. The zero-order chi connectivity index (χ0) is 11.7. The van der Waals surface area contributed by atoms with Crippen LogP contribution in [-0.2, 0) is 7.05 Å². The summed E-state index contributed by atoms with van der Waals surface area (Å²) in [6, 6.07) is 1.20. The lowest BCUT2D eigenvalue weighted by molar-refractivity contribution is 0.615. The van der Waals surface area contributed by atoms with E-state index in [1.165, 1.54) is 24.0 Å². The van der Waals surface area contributed by atoms with Gasteiger partial charge >= 0.3 is 0 Å². The topological polar surface area (TPSA) is 60.7 Å². The molecule has 0 N–H and O–H groups in total. The first-order valence-electron chi connectivity index (χ1n) is 4.32. The molecular weight excluding hydrogens is 231 g/mol. The number of nitrogens with zero attached hydrogens (tertiary/aromatic N) is 4. The molecule has 0 aliphatic heterocycles. The van der Waals surface area contributed by atoms with Gasteiger partial charge in [-0.25, -0.2) is 19.3 Å². The fraction of sp³-hybridized carbons (Fsp3) is 0.111. The van der Waals surface area contributed by atoms with Crippen LogP contribution in [-0.4, -0.2) is 19.5 Å². The third-order valence-electron chi connectivity index (χ3n) is 2.02. The van der Waals surface area contributed by atoms with Gasteiger partial charge in [0.05, 0.1) is 6.20 Å². The standard InChI is InChI=1S/C9H7FN4OS/c1-14-7(15)2-6(13-9(14)16)8-5(10)3-11-4-12-8/h2-4H,1H3,(H,13,16). The van der Waals surface area contributed by atoms with Crippen LogP contribution in [0, 0.1) is 5.82 Å². The van der Waals surface area contributed by atoms with E-state index in [-0.39, 0.29) is 22.1 Å². The SMILES string of the molecule is Cn1c(S)nc(-c2ncncc2F)cc1=O. The molecule has 2 aromatic heterocycles. The highest BCUT2D eigenvalue weighted by atomic mass is 32.1. The Kier molecular flexibility index (Phi) is 2.69. The summed E-state index contributed by atoms with van der Waals surface area (Å²) in [4.78, 5) is 22.7. The predicted octanol–water partition coefficient (Wildman–Crippen LogP) is 0.665. The lowest BCUT2D eigenvalue weighted by Gasteiger charge is -2.04. The fourth-order valence-corrected chi connectivity index (χ4v) is 1.36. The average molecular weight is 238 g/mol. The van der Waals surface area contributed by atoms with E-state index in [0.717, 1.165) is 6.20 Å². The third-order valence-corrected chi connectivity index (χ3v) is 2.42.